The number of benzene rings is 2. The first kappa shape index (κ1) is 18.0. The van der Waals surface area contributed by atoms with Crippen molar-refractivity contribution in [3.63, 3.8) is 0 Å². The minimum atomic E-state index is 0.593. The molecule has 3 nitrogen and oxygen atoms in total. The fraction of sp³-hybridized carbons (Fsp3) is 0.261. The Morgan fingerprint density at radius 1 is 1.00 bits per heavy atom. The SMILES string of the molecule is CC[C@H](C)c1ccc(N=Cc2cccn2-c2ccc(N(C)C)cc2)cc1. The summed E-state index contributed by atoms with van der Waals surface area (Å²) in [7, 11) is 4.10. The van der Waals surface area contributed by atoms with Gasteiger partial charge in [-0.3, -0.25) is 4.99 Å². The zero-order chi connectivity index (χ0) is 18.5. The summed E-state index contributed by atoms with van der Waals surface area (Å²) in [5.74, 6) is 0.593. The Labute approximate surface area is 156 Å². The van der Waals surface area contributed by atoms with Gasteiger partial charge in [0.1, 0.15) is 0 Å². The van der Waals surface area contributed by atoms with Gasteiger partial charge in [0.15, 0.2) is 0 Å². The molecule has 0 amide bonds. The summed E-state index contributed by atoms with van der Waals surface area (Å²) in [6.07, 6.45) is 5.15. The lowest BCUT2D eigenvalue weighted by Gasteiger charge is -2.13. The average Bonchev–Trinajstić information content (AvgIpc) is 3.15. The number of nitrogens with zero attached hydrogens (tertiary/aromatic N) is 3. The van der Waals surface area contributed by atoms with E-state index in [2.05, 4.69) is 103 Å². The Kier molecular flexibility index (Phi) is 5.57. The van der Waals surface area contributed by atoms with Gasteiger partial charge in [-0.2, -0.15) is 0 Å². The Morgan fingerprint density at radius 3 is 2.31 bits per heavy atom. The second-order valence-corrected chi connectivity index (χ2v) is 6.87. The summed E-state index contributed by atoms with van der Waals surface area (Å²) in [6.45, 7) is 4.47. The van der Waals surface area contributed by atoms with Crippen molar-refractivity contribution in [1.82, 2.24) is 4.57 Å². The predicted molar refractivity (Wildman–Crippen MR) is 112 cm³/mol. The van der Waals surface area contributed by atoms with Crippen molar-refractivity contribution in [3.05, 3.63) is 78.1 Å². The van der Waals surface area contributed by atoms with Gasteiger partial charge in [0.05, 0.1) is 17.6 Å². The van der Waals surface area contributed by atoms with Gasteiger partial charge < -0.3 is 9.47 Å². The molecule has 3 rings (SSSR count). The van der Waals surface area contributed by atoms with E-state index in [1.165, 1.54) is 11.3 Å². The molecule has 0 radical (unpaired) electrons. The predicted octanol–water partition coefficient (Wildman–Crippen LogP) is 5.81. The maximum Gasteiger partial charge on any atom is 0.0639 e. The third-order valence-electron chi connectivity index (χ3n) is 4.84. The normalized spacial score (nSPS) is 12.5. The average molecular weight is 345 g/mol. The van der Waals surface area contributed by atoms with Crippen molar-refractivity contribution < 1.29 is 0 Å². The molecule has 1 aromatic heterocycles. The Morgan fingerprint density at radius 2 is 1.69 bits per heavy atom. The van der Waals surface area contributed by atoms with E-state index in [9.17, 15) is 0 Å². The van der Waals surface area contributed by atoms with E-state index >= 15 is 0 Å². The molecule has 2 aromatic carbocycles. The van der Waals surface area contributed by atoms with Gasteiger partial charge in [-0.15, -0.1) is 0 Å². The van der Waals surface area contributed by atoms with Crippen LogP contribution in [0.1, 0.15) is 37.4 Å². The van der Waals surface area contributed by atoms with E-state index in [4.69, 9.17) is 0 Å². The maximum atomic E-state index is 4.65. The van der Waals surface area contributed by atoms with Crippen LogP contribution in [0, 0.1) is 0 Å². The minimum Gasteiger partial charge on any atom is -0.378 e. The molecule has 0 aliphatic carbocycles. The van der Waals surface area contributed by atoms with Crippen molar-refractivity contribution in [1.29, 1.82) is 0 Å². The Balaban J connectivity index is 1.79. The molecule has 134 valence electrons. The standard InChI is InChI=1S/C23H27N3/c1-5-18(2)19-8-10-20(11-9-19)24-17-23-7-6-16-26(23)22-14-12-21(13-15-22)25(3)4/h6-18H,5H2,1-4H3/t18-/m0/s1. The van der Waals surface area contributed by atoms with E-state index < -0.39 is 0 Å². The summed E-state index contributed by atoms with van der Waals surface area (Å²) >= 11 is 0. The lowest BCUT2D eigenvalue weighted by molar-refractivity contribution is 0.734. The highest BCUT2D eigenvalue weighted by molar-refractivity contribution is 5.81. The number of aromatic nitrogens is 1. The van der Waals surface area contributed by atoms with Gasteiger partial charge in [-0.25, -0.2) is 0 Å². The van der Waals surface area contributed by atoms with Crippen LogP contribution in [0.15, 0.2) is 71.9 Å². The van der Waals surface area contributed by atoms with Gasteiger partial charge in [0.25, 0.3) is 0 Å². The van der Waals surface area contributed by atoms with Crippen molar-refractivity contribution in [3.8, 4) is 5.69 Å². The van der Waals surface area contributed by atoms with Gasteiger partial charge in [0.2, 0.25) is 0 Å². The molecule has 0 aliphatic rings. The molecule has 26 heavy (non-hydrogen) atoms. The highest BCUT2D eigenvalue weighted by Crippen LogP contribution is 2.22. The van der Waals surface area contributed by atoms with Crippen molar-refractivity contribution in [2.24, 2.45) is 4.99 Å². The van der Waals surface area contributed by atoms with Crippen LogP contribution in [0.5, 0.6) is 0 Å². The van der Waals surface area contributed by atoms with Crippen molar-refractivity contribution in [2.75, 3.05) is 19.0 Å². The van der Waals surface area contributed by atoms with E-state index in [1.807, 2.05) is 12.3 Å². The fourth-order valence-electron chi connectivity index (χ4n) is 2.91. The highest BCUT2D eigenvalue weighted by Gasteiger charge is 2.04. The van der Waals surface area contributed by atoms with Gasteiger partial charge in [-0.1, -0.05) is 26.0 Å². The Bertz CT molecular complexity index is 855. The van der Waals surface area contributed by atoms with Crippen LogP contribution in [0.3, 0.4) is 0 Å². The molecule has 0 aliphatic heterocycles. The lowest BCUT2D eigenvalue weighted by Crippen LogP contribution is -2.08. The molecule has 0 saturated carbocycles. The first-order valence-electron chi connectivity index (χ1n) is 9.17. The van der Waals surface area contributed by atoms with Crippen LogP contribution < -0.4 is 4.90 Å². The number of rotatable bonds is 6. The summed E-state index contributed by atoms with van der Waals surface area (Å²) in [6, 6.07) is 21.2. The molecule has 1 heterocycles. The third-order valence-corrected chi connectivity index (χ3v) is 4.84. The molecule has 3 aromatic rings. The smallest absolute Gasteiger partial charge is 0.0639 e. The van der Waals surface area contributed by atoms with Crippen molar-refractivity contribution in [2.45, 2.75) is 26.2 Å². The highest BCUT2D eigenvalue weighted by atomic mass is 15.1. The molecule has 3 heteroatoms. The zero-order valence-corrected chi connectivity index (χ0v) is 16.1. The summed E-state index contributed by atoms with van der Waals surface area (Å²) in [5, 5.41) is 0. The molecular formula is C23H27N3. The topological polar surface area (TPSA) is 20.5 Å². The first-order valence-corrected chi connectivity index (χ1v) is 9.17. The molecule has 0 bridgehead atoms. The second-order valence-electron chi connectivity index (χ2n) is 6.87. The molecule has 0 fully saturated rings. The third kappa shape index (κ3) is 4.05. The summed E-state index contributed by atoms with van der Waals surface area (Å²) in [4.78, 5) is 6.75. The summed E-state index contributed by atoms with van der Waals surface area (Å²) < 4.78 is 2.15. The van der Waals surface area contributed by atoms with Crippen LogP contribution in [-0.4, -0.2) is 24.9 Å². The van der Waals surface area contributed by atoms with E-state index in [-0.39, 0.29) is 0 Å². The molecule has 0 unspecified atom stereocenters. The number of aliphatic imine (C=N–C) groups is 1. The monoisotopic (exact) mass is 345 g/mol. The van der Waals surface area contributed by atoms with Crippen molar-refractivity contribution >= 4 is 17.6 Å². The lowest BCUT2D eigenvalue weighted by atomic mass is 9.99. The van der Waals surface area contributed by atoms with E-state index in [0.717, 1.165) is 23.5 Å². The summed E-state index contributed by atoms with van der Waals surface area (Å²) in [5.41, 5.74) is 5.74. The molecule has 0 N–H and O–H groups in total. The van der Waals surface area contributed by atoms with Gasteiger partial charge >= 0.3 is 0 Å². The maximum absolute atomic E-state index is 4.65. The van der Waals surface area contributed by atoms with Crippen LogP contribution in [0.25, 0.3) is 5.69 Å². The fourth-order valence-corrected chi connectivity index (χ4v) is 2.91. The van der Waals surface area contributed by atoms with Crippen LogP contribution in [0.4, 0.5) is 11.4 Å². The van der Waals surface area contributed by atoms with Gasteiger partial charge in [0, 0.05) is 31.7 Å². The zero-order valence-electron chi connectivity index (χ0n) is 16.1. The number of hydrogen-bond donors (Lipinski definition) is 0. The molecule has 0 saturated heterocycles. The largest absolute Gasteiger partial charge is 0.378 e. The first-order chi connectivity index (χ1) is 12.6. The minimum absolute atomic E-state index is 0.593. The quantitative estimate of drug-likeness (QED) is 0.517. The van der Waals surface area contributed by atoms with Crippen LogP contribution in [-0.2, 0) is 0 Å². The molecular weight excluding hydrogens is 318 g/mol. The van der Waals surface area contributed by atoms with Crippen LogP contribution in [0.2, 0.25) is 0 Å². The second kappa shape index (κ2) is 8.05. The molecule has 1 atom stereocenters. The van der Waals surface area contributed by atoms with E-state index in [1.54, 1.807) is 0 Å². The Hall–Kier alpha value is -2.81. The number of hydrogen-bond acceptors (Lipinski definition) is 2. The van der Waals surface area contributed by atoms with Gasteiger partial charge in [-0.05, 0) is 66.4 Å². The number of anilines is 1. The van der Waals surface area contributed by atoms with E-state index in [0.29, 0.717) is 5.92 Å². The molecule has 0 spiro atoms. The van der Waals surface area contributed by atoms with Crippen LogP contribution >= 0.6 is 0 Å².